The average Bonchev–Trinajstić information content (AvgIpc) is 2.46. The molecule has 0 aromatic heterocycles. The Morgan fingerprint density at radius 2 is 1.85 bits per heavy atom. The van der Waals surface area contributed by atoms with Gasteiger partial charge in [0.25, 0.3) is 0 Å². The second-order valence-electron chi connectivity index (χ2n) is 4.45. The van der Waals surface area contributed by atoms with Crippen LogP contribution in [0.3, 0.4) is 0 Å². The molecule has 2 aromatic rings. The first-order valence-electron chi connectivity index (χ1n) is 6.30. The molecule has 1 N–H and O–H groups in total. The molecule has 20 heavy (non-hydrogen) atoms. The minimum atomic E-state index is 0.596. The lowest BCUT2D eigenvalue weighted by Gasteiger charge is -2.19. The van der Waals surface area contributed by atoms with E-state index in [1.54, 1.807) is 0 Å². The van der Waals surface area contributed by atoms with Crippen LogP contribution in [0.25, 0.3) is 0 Å². The summed E-state index contributed by atoms with van der Waals surface area (Å²) in [7, 11) is 0. The van der Waals surface area contributed by atoms with E-state index in [0.29, 0.717) is 19.8 Å². The van der Waals surface area contributed by atoms with Gasteiger partial charge < -0.3 is 14.8 Å². The Morgan fingerprint density at radius 3 is 2.65 bits per heavy atom. The van der Waals surface area contributed by atoms with E-state index in [0.717, 1.165) is 32.2 Å². The molecule has 0 saturated heterocycles. The zero-order chi connectivity index (χ0) is 13.9. The van der Waals surface area contributed by atoms with Crippen molar-refractivity contribution in [3.8, 4) is 11.5 Å². The van der Waals surface area contributed by atoms with Crippen molar-refractivity contribution in [3.63, 3.8) is 0 Å². The third-order valence-electron chi connectivity index (χ3n) is 3.04. The Morgan fingerprint density at radius 1 is 1.05 bits per heavy atom. The molecule has 3 nitrogen and oxygen atoms in total. The summed E-state index contributed by atoms with van der Waals surface area (Å²) in [5, 5.41) is 4.08. The summed E-state index contributed by atoms with van der Waals surface area (Å²) in [6.45, 7) is 1.91. The van der Waals surface area contributed by atoms with Crippen LogP contribution in [-0.4, -0.2) is 13.2 Å². The molecule has 0 unspecified atom stereocenters. The van der Waals surface area contributed by atoms with Crippen LogP contribution < -0.4 is 14.8 Å². The number of nitrogens with one attached hydrogen (secondary N) is 1. The number of rotatable bonds is 3. The van der Waals surface area contributed by atoms with Crippen molar-refractivity contribution in [2.45, 2.75) is 6.54 Å². The molecule has 0 bridgehead atoms. The highest BCUT2D eigenvalue weighted by Crippen LogP contribution is 2.33. The van der Waals surface area contributed by atoms with E-state index < -0.39 is 0 Å². The van der Waals surface area contributed by atoms with Gasteiger partial charge in [0.15, 0.2) is 11.5 Å². The largest absolute Gasteiger partial charge is 0.486 e. The van der Waals surface area contributed by atoms with Gasteiger partial charge in [0.1, 0.15) is 13.2 Å². The molecule has 2 aromatic carbocycles. The standard InChI is InChI=1S/C15H13BrClNO2/c16-13-7-11(17)2-1-10(13)9-18-12-3-4-14-15(8-12)20-6-5-19-14/h1-4,7-8,18H,5-6,9H2. The van der Waals surface area contributed by atoms with Crippen LogP contribution in [0.2, 0.25) is 5.02 Å². The first kappa shape index (κ1) is 13.6. The number of hydrogen-bond donors (Lipinski definition) is 1. The van der Waals surface area contributed by atoms with E-state index in [1.807, 2.05) is 36.4 Å². The van der Waals surface area contributed by atoms with Crippen LogP contribution in [0.1, 0.15) is 5.56 Å². The number of hydrogen-bond acceptors (Lipinski definition) is 3. The first-order valence-corrected chi connectivity index (χ1v) is 7.47. The van der Waals surface area contributed by atoms with E-state index in [9.17, 15) is 0 Å². The fourth-order valence-corrected chi connectivity index (χ4v) is 2.84. The minimum Gasteiger partial charge on any atom is -0.486 e. The van der Waals surface area contributed by atoms with E-state index in [1.165, 1.54) is 0 Å². The summed E-state index contributed by atoms with van der Waals surface area (Å²) < 4.78 is 12.1. The molecule has 0 amide bonds. The monoisotopic (exact) mass is 353 g/mol. The Kier molecular flexibility index (Phi) is 4.03. The summed E-state index contributed by atoms with van der Waals surface area (Å²) in [6, 6.07) is 11.6. The summed E-state index contributed by atoms with van der Waals surface area (Å²) >= 11 is 9.44. The van der Waals surface area contributed by atoms with Gasteiger partial charge in [-0.1, -0.05) is 33.6 Å². The lowest BCUT2D eigenvalue weighted by atomic mass is 10.2. The van der Waals surface area contributed by atoms with E-state index >= 15 is 0 Å². The molecule has 0 fully saturated rings. The number of halogens is 2. The predicted molar refractivity (Wildman–Crippen MR) is 83.9 cm³/mol. The predicted octanol–water partition coefficient (Wildman–Crippen LogP) is 4.49. The molecule has 0 radical (unpaired) electrons. The molecule has 0 atom stereocenters. The number of ether oxygens (including phenoxy) is 2. The molecule has 1 heterocycles. The van der Waals surface area contributed by atoms with E-state index in [2.05, 4.69) is 21.2 Å². The van der Waals surface area contributed by atoms with Crippen molar-refractivity contribution in [1.29, 1.82) is 0 Å². The van der Waals surface area contributed by atoms with Crippen molar-refractivity contribution in [2.75, 3.05) is 18.5 Å². The topological polar surface area (TPSA) is 30.5 Å². The Bertz CT molecular complexity index is 633. The highest BCUT2D eigenvalue weighted by Gasteiger charge is 2.11. The maximum absolute atomic E-state index is 5.93. The molecule has 1 aliphatic heterocycles. The highest BCUT2D eigenvalue weighted by molar-refractivity contribution is 9.10. The molecule has 3 rings (SSSR count). The second kappa shape index (κ2) is 5.94. The molecule has 104 valence electrons. The Balaban J connectivity index is 1.72. The number of benzene rings is 2. The van der Waals surface area contributed by atoms with Crippen molar-refractivity contribution < 1.29 is 9.47 Å². The smallest absolute Gasteiger partial charge is 0.163 e. The maximum Gasteiger partial charge on any atom is 0.163 e. The number of anilines is 1. The zero-order valence-corrected chi connectivity index (χ0v) is 13.0. The van der Waals surface area contributed by atoms with Gasteiger partial charge in [-0.3, -0.25) is 0 Å². The molecular weight excluding hydrogens is 342 g/mol. The first-order chi connectivity index (χ1) is 9.72. The Hall–Kier alpha value is -1.39. The van der Waals surface area contributed by atoms with Crippen LogP contribution in [0.5, 0.6) is 11.5 Å². The van der Waals surface area contributed by atoms with Crippen LogP contribution in [0.15, 0.2) is 40.9 Å². The summed E-state index contributed by atoms with van der Waals surface area (Å²) in [5.74, 6) is 1.59. The third-order valence-corrected chi connectivity index (χ3v) is 4.01. The fourth-order valence-electron chi connectivity index (χ4n) is 2.02. The van der Waals surface area contributed by atoms with E-state index in [4.69, 9.17) is 21.1 Å². The Labute approximate surface area is 131 Å². The molecule has 5 heteroatoms. The second-order valence-corrected chi connectivity index (χ2v) is 5.74. The van der Waals surface area contributed by atoms with Crippen LogP contribution in [0.4, 0.5) is 5.69 Å². The zero-order valence-electron chi connectivity index (χ0n) is 10.7. The van der Waals surface area contributed by atoms with Gasteiger partial charge in [-0.15, -0.1) is 0 Å². The summed E-state index contributed by atoms with van der Waals surface area (Å²) in [6.07, 6.45) is 0. The van der Waals surface area contributed by atoms with Crippen LogP contribution >= 0.6 is 27.5 Å². The quantitative estimate of drug-likeness (QED) is 0.881. The van der Waals surface area contributed by atoms with Crippen molar-refractivity contribution in [2.24, 2.45) is 0 Å². The molecule has 0 spiro atoms. The van der Waals surface area contributed by atoms with Gasteiger partial charge in [0, 0.05) is 27.8 Å². The summed E-state index contributed by atoms with van der Waals surface area (Å²) in [5.41, 5.74) is 2.14. The van der Waals surface area contributed by atoms with E-state index in [-0.39, 0.29) is 0 Å². The van der Waals surface area contributed by atoms with Crippen LogP contribution in [0, 0.1) is 0 Å². The molecular formula is C15H13BrClNO2. The summed E-state index contributed by atoms with van der Waals surface area (Å²) in [4.78, 5) is 0. The van der Waals surface area contributed by atoms with Crippen molar-refractivity contribution >= 4 is 33.2 Å². The molecule has 0 saturated carbocycles. The van der Waals surface area contributed by atoms with Gasteiger partial charge in [-0.25, -0.2) is 0 Å². The normalized spacial score (nSPS) is 13.1. The average molecular weight is 355 g/mol. The van der Waals surface area contributed by atoms with Gasteiger partial charge >= 0.3 is 0 Å². The van der Waals surface area contributed by atoms with Gasteiger partial charge in [-0.05, 0) is 29.8 Å². The fraction of sp³-hybridized carbons (Fsp3) is 0.200. The minimum absolute atomic E-state index is 0.596. The maximum atomic E-state index is 5.93. The van der Waals surface area contributed by atoms with Crippen LogP contribution in [-0.2, 0) is 6.54 Å². The van der Waals surface area contributed by atoms with Gasteiger partial charge in [0.2, 0.25) is 0 Å². The van der Waals surface area contributed by atoms with Crippen molar-refractivity contribution in [1.82, 2.24) is 0 Å². The third kappa shape index (κ3) is 3.02. The molecule has 1 aliphatic rings. The number of fused-ring (bicyclic) bond motifs is 1. The lowest BCUT2D eigenvalue weighted by molar-refractivity contribution is 0.171. The lowest BCUT2D eigenvalue weighted by Crippen LogP contribution is -2.15. The van der Waals surface area contributed by atoms with Gasteiger partial charge in [0.05, 0.1) is 0 Å². The molecule has 0 aliphatic carbocycles. The highest BCUT2D eigenvalue weighted by atomic mass is 79.9. The van der Waals surface area contributed by atoms with Crippen molar-refractivity contribution in [3.05, 3.63) is 51.5 Å². The SMILES string of the molecule is Clc1ccc(CNc2ccc3c(c2)OCCO3)c(Br)c1. The van der Waals surface area contributed by atoms with Gasteiger partial charge in [-0.2, -0.15) is 0 Å².